The number of hydrogen-bond donors (Lipinski definition) is 2. The maximum absolute atomic E-state index is 13.3. The van der Waals surface area contributed by atoms with Gasteiger partial charge in [-0.1, -0.05) is 12.1 Å². The molecule has 0 heterocycles. The van der Waals surface area contributed by atoms with E-state index in [-0.39, 0.29) is 12.1 Å². The monoisotopic (exact) mass is 273 g/mol. The third kappa shape index (κ3) is 5.16. The van der Waals surface area contributed by atoms with Crippen LogP contribution in [0.1, 0.15) is 11.7 Å². The fourth-order valence-electron chi connectivity index (χ4n) is 1.43. The van der Waals surface area contributed by atoms with Crippen molar-refractivity contribution in [1.29, 1.82) is 0 Å². The molecule has 0 saturated carbocycles. The summed E-state index contributed by atoms with van der Waals surface area (Å²) >= 11 is 1.72. The predicted octanol–water partition coefficient (Wildman–Crippen LogP) is 2.51. The molecule has 0 amide bonds. The predicted molar refractivity (Wildman–Crippen MR) is 71.7 cm³/mol. The second-order valence-corrected chi connectivity index (χ2v) is 4.90. The van der Waals surface area contributed by atoms with Crippen molar-refractivity contribution in [2.24, 2.45) is 0 Å². The maximum Gasteiger partial charge on any atom is 0.131 e. The minimum Gasteiger partial charge on any atom is -0.387 e. The van der Waals surface area contributed by atoms with E-state index in [2.05, 4.69) is 11.9 Å². The van der Waals surface area contributed by atoms with Crippen LogP contribution in [0, 0.1) is 11.6 Å². The Morgan fingerprint density at radius 3 is 2.89 bits per heavy atom. The second kappa shape index (κ2) is 8.24. The summed E-state index contributed by atoms with van der Waals surface area (Å²) in [5.74, 6) is 0.420. The Bertz CT molecular complexity index is 387. The van der Waals surface area contributed by atoms with Crippen LogP contribution in [0.15, 0.2) is 30.9 Å². The number of rotatable bonds is 8. The van der Waals surface area contributed by atoms with Crippen LogP contribution in [0.25, 0.3) is 0 Å². The summed E-state index contributed by atoms with van der Waals surface area (Å²) < 4.78 is 26.0. The number of halogens is 2. The van der Waals surface area contributed by atoms with Crippen molar-refractivity contribution in [2.75, 3.05) is 24.6 Å². The van der Waals surface area contributed by atoms with Gasteiger partial charge in [0.2, 0.25) is 0 Å². The van der Waals surface area contributed by atoms with E-state index in [9.17, 15) is 13.9 Å². The molecule has 1 aromatic rings. The number of hydrogen-bond acceptors (Lipinski definition) is 3. The summed E-state index contributed by atoms with van der Waals surface area (Å²) in [5, 5.41) is 12.8. The second-order valence-electron chi connectivity index (χ2n) is 3.75. The van der Waals surface area contributed by atoms with Crippen molar-refractivity contribution >= 4 is 11.8 Å². The van der Waals surface area contributed by atoms with Gasteiger partial charge >= 0.3 is 0 Å². The third-order valence-electron chi connectivity index (χ3n) is 2.32. The molecule has 0 bridgehead atoms. The van der Waals surface area contributed by atoms with E-state index >= 15 is 0 Å². The zero-order valence-corrected chi connectivity index (χ0v) is 10.9. The van der Waals surface area contributed by atoms with Gasteiger partial charge in [0.1, 0.15) is 11.6 Å². The third-order valence-corrected chi connectivity index (χ3v) is 3.28. The number of aliphatic hydroxyl groups excluding tert-OH is 1. The molecule has 0 spiro atoms. The molecule has 1 atom stereocenters. The van der Waals surface area contributed by atoms with Gasteiger partial charge in [0, 0.05) is 36.2 Å². The number of nitrogens with one attached hydrogen (secondary N) is 1. The van der Waals surface area contributed by atoms with Crippen LogP contribution in [-0.2, 0) is 0 Å². The average molecular weight is 273 g/mol. The van der Waals surface area contributed by atoms with Crippen molar-refractivity contribution < 1.29 is 13.9 Å². The Balaban J connectivity index is 2.31. The highest BCUT2D eigenvalue weighted by Crippen LogP contribution is 2.17. The molecule has 0 aliphatic carbocycles. The largest absolute Gasteiger partial charge is 0.387 e. The zero-order chi connectivity index (χ0) is 13.4. The fraction of sp³-hybridized carbons (Fsp3) is 0.385. The van der Waals surface area contributed by atoms with Crippen LogP contribution < -0.4 is 5.32 Å². The Morgan fingerprint density at radius 1 is 1.44 bits per heavy atom. The van der Waals surface area contributed by atoms with Gasteiger partial charge in [-0.3, -0.25) is 0 Å². The molecular formula is C13H17F2NOS. The van der Waals surface area contributed by atoms with E-state index in [0.29, 0.717) is 0 Å². The minimum absolute atomic E-state index is 0.114. The Hall–Kier alpha value is -0.910. The van der Waals surface area contributed by atoms with Gasteiger partial charge < -0.3 is 10.4 Å². The van der Waals surface area contributed by atoms with Crippen molar-refractivity contribution in [3.05, 3.63) is 48.1 Å². The Morgan fingerprint density at radius 2 is 2.22 bits per heavy atom. The molecule has 5 heteroatoms. The highest BCUT2D eigenvalue weighted by Gasteiger charge is 2.12. The van der Waals surface area contributed by atoms with E-state index in [4.69, 9.17) is 0 Å². The molecule has 1 unspecified atom stereocenters. The lowest BCUT2D eigenvalue weighted by atomic mass is 10.1. The fourth-order valence-corrected chi connectivity index (χ4v) is 2.05. The summed E-state index contributed by atoms with van der Waals surface area (Å²) in [7, 11) is 0. The van der Waals surface area contributed by atoms with Crippen LogP contribution in [0.2, 0.25) is 0 Å². The molecule has 2 N–H and O–H groups in total. The molecule has 100 valence electrons. The number of thioether (sulfide) groups is 1. The van der Waals surface area contributed by atoms with Gasteiger partial charge in [0.15, 0.2) is 0 Å². The van der Waals surface area contributed by atoms with Gasteiger partial charge in [-0.15, -0.1) is 6.58 Å². The highest BCUT2D eigenvalue weighted by molar-refractivity contribution is 7.99. The minimum atomic E-state index is -0.963. The molecule has 0 aliphatic rings. The molecule has 0 aliphatic heterocycles. The van der Waals surface area contributed by atoms with Gasteiger partial charge in [0.05, 0.1) is 6.10 Å². The molecule has 1 aromatic carbocycles. The molecule has 0 saturated heterocycles. The molecular weight excluding hydrogens is 256 g/mol. The van der Waals surface area contributed by atoms with Gasteiger partial charge in [-0.05, 0) is 6.07 Å². The lowest BCUT2D eigenvalue weighted by Gasteiger charge is -2.12. The van der Waals surface area contributed by atoms with Crippen molar-refractivity contribution in [1.82, 2.24) is 5.32 Å². The molecule has 1 rings (SSSR count). The van der Waals surface area contributed by atoms with Gasteiger partial charge in [0.25, 0.3) is 0 Å². The van der Waals surface area contributed by atoms with Crippen LogP contribution in [-0.4, -0.2) is 29.7 Å². The molecule has 0 fully saturated rings. The van der Waals surface area contributed by atoms with Crippen LogP contribution >= 0.6 is 11.8 Å². The van der Waals surface area contributed by atoms with E-state index in [0.717, 1.165) is 30.2 Å². The summed E-state index contributed by atoms with van der Waals surface area (Å²) in [6.07, 6.45) is 0.864. The first-order valence-electron chi connectivity index (χ1n) is 5.67. The van der Waals surface area contributed by atoms with Crippen LogP contribution in [0.5, 0.6) is 0 Å². The van der Waals surface area contributed by atoms with Gasteiger partial charge in [-0.2, -0.15) is 11.8 Å². The van der Waals surface area contributed by atoms with Crippen LogP contribution in [0.3, 0.4) is 0 Å². The summed E-state index contributed by atoms with van der Waals surface area (Å²) in [6, 6.07) is 3.18. The van der Waals surface area contributed by atoms with E-state index in [1.807, 2.05) is 6.08 Å². The first-order valence-corrected chi connectivity index (χ1v) is 6.83. The molecule has 2 nitrogen and oxygen atoms in total. The van der Waals surface area contributed by atoms with Crippen LogP contribution in [0.4, 0.5) is 8.78 Å². The normalized spacial score (nSPS) is 12.4. The Labute approximate surface area is 110 Å². The molecule has 0 radical (unpaired) electrons. The highest BCUT2D eigenvalue weighted by atomic mass is 32.2. The van der Waals surface area contributed by atoms with E-state index in [1.165, 1.54) is 6.07 Å². The number of aliphatic hydroxyl groups is 1. The zero-order valence-electron chi connectivity index (χ0n) is 10.0. The Kier molecular flexibility index (Phi) is 6.93. The standard InChI is InChI=1S/C13H17F2NOS/c1-2-6-18-7-5-16-9-13(17)11-4-3-10(14)8-12(11)15/h2-4,8,13,16-17H,1,5-7,9H2. The van der Waals surface area contributed by atoms with Crippen molar-refractivity contribution in [3.8, 4) is 0 Å². The molecule has 18 heavy (non-hydrogen) atoms. The summed E-state index contributed by atoms with van der Waals surface area (Å²) in [6.45, 7) is 4.58. The van der Waals surface area contributed by atoms with Crippen molar-refractivity contribution in [3.63, 3.8) is 0 Å². The smallest absolute Gasteiger partial charge is 0.131 e. The quantitative estimate of drug-likeness (QED) is 0.564. The van der Waals surface area contributed by atoms with Crippen molar-refractivity contribution in [2.45, 2.75) is 6.10 Å². The first kappa shape index (κ1) is 15.1. The summed E-state index contributed by atoms with van der Waals surface area (Å²) in [5.41, 5.74) is 0.114. The average Bonchev–Trinajstić information content (AvgIpc) is 2.33. The lowest BCUT2D eigenvalue weighted by Crippen LogP contribution is -2.24. The topological polar surface area (TPSA) is 32.3 Å². The molecule has 0 aromatic heterocycles. The summed E-state index contributed by atoms with van der Waals surface area (Å²) in [4.78, 5) is 0. The first-order chi connectivity index (χ1) is 8.65. The number of benzene rings is 1. The van der Waals surface area contributed by atoms with E-state index < -0.39 is 17.7 Å². The SMILES string of the molecule is C=CCSCCNCC(O)c1ccc(F)cc1F. The van der Waals surface area contributed by atoms with Gasteiger partial charge in [-0.25, -0.2) is 8.78 Å². The van der Waals surface area contributed by atoms with E-state index in [1.54, 1.807) is 11.8 Å². The maximum atomic E-state index is 13.3. The lowest BCUT2D eigenvalue weighted by molar-refractivity contribution is 0.171.